The van der Waals surface area contributed by atoms with Gasteiger partial charge in [-0.2, -0.15) is 0 Å². The van der Waals surface area contributed by atoms with Crippen molar-refractivity contribution >= 4 is 33.1 Å². The van der Waals surface area contributed by atoms with E-state index in [0.717, 1.165) is 55.1 Å². The number of nitrogens with one attached hydrogen (secondary N) is 1. The van der Waals surface area contributed by atoms with Gasteiger partial charge in [-0.15, -0.1) is 11.3 Å². The van der Waals surface area contributed by atoms with E-state index >= 15 is 0 Å². The maximum Gasteiger partial charge on any atom is 0.224 e. The summed E-state index contributed by atoms with van der Waals surface area (Å²) in [6.45, 7) is 7.31. The molecule has 0 aliphatic heterocycles. The van der Waals surface area contributed by atoms with Crippen LogP contribution < -0.4 is 5.32 Å². The van der Waals surface area contributed by atoms with Gasteiger partial charge in [0.05, 0.1) is 15.2 Å². The van der Waals surface area contributed by atoms with Gasteiger partial charge in [-0.25, -0.2) is 4.98 Å². The van der Waals surface area contributed by atoms with Gasteiger partial charge < -0.3 is 5.32 Å². The molecule has 0 saturated heterocycles. The Labute approximate surface area is 171 Å². The van der Waals surface area contributed by atoms with Crippen LogP contribution in [-0.4, -0.2) is 28.9 Å². The molecule has 2 aromatic carbocycles. The van der Waals surface area contributed by atoms with Gasteiger partial charge in [0.1, 0.15) is 0 Å². The third kappa shape index (κ3) is 5.88. The Bertz CT molecular complexity index is 869. The maximum absolute atomic E-state index is 12.3. The summed E-state index contributed by atoms with van der Waals surface area (Å²) in [5.74, 6) is 0.0873. The van der Waals surface area contributed by atoms with E-state index in [1.807, 2.05) is 24.3 Å². The number of carbonyl (C=O) groups is 1. The largest absolute Gasteiger partial charge is 0.326 e. The van der Waals surface area contributed by atoms with Crippen molar-refractivity contribution in [3.63, 3.8) is 0 Å². The highest BCUT2D eigenvalue weighted by Gasteiger charge is 2.07. The van der Waals surface area contributed by atoms with Gasteiger partial charge in [0, 0.05) is 18.7 Å². The average molecular weight is 396 g/mol. The third-order valence-corrected chi connectivity index (χ3v) is 5.99. The molecule has 0 spiro atoms. The van der Waals surface area contributed by atoms with Gasteiger partial charge in [-0.3, -0.25) is 9.69 Å². The first kappa shape index (κ1) is 20.5. The molecule has 1 N–H and O–H groups in total. The minimum atomic E-state index is 0.0873. The van der Waals surface area contributed by atoms with Crippen LogP contribution in [0.2, 0.25) is 0 Å². The number of para-hydroxylation sites is 1. The van der Waals surface area contributed by atoms with E-state index in [-0.39, 0.29) is 5.91 Å². The number of anilines is 1. The molecule has 1 amide bonds. The first-order valence-electron chi connectivity index (χ1n) is 10.1. The maximum atomic E-state index is 12.3. The predicted molar refractivity (Wildman–Crippen MR) is 119 cm³/mol. The van der Waals surface area contributed by atoms with E-state index in [9.17, 15) is 4.79 Å². The smallest absolute Gasteiger partial charge is 0.224 e. The number of hydrogen-bond donors (Lipinski definition) is 1. The number of hydrogen-bond acceptors (Lipinski definition) is 4. The van der Waals surface area contributed by atoms with Gasteiger partial charge in [0.15, 0.2) is 0 Å². The Kier molecular flexibility index (Phi) is 7.57. The molecule has 0 aliphatic rings. The first-order valence-corrected chi connectivity index (χ1v) is 10.9. The van der Waals surface area contributed by atoms with Crippen molar-refractivity contribution in [1.29, 1.82) is 0 Å². The molecule has 0 aliphatic carbocycles. The molecule has 0 unspecified atom stereocenters. The highest BCUT2D eigenvalue weighted by molar-refractivity contribution is 7.18. The molecule has 3 rings (SSSR count). The zero-order valence-electron chi connectivity index (χ0n) is 16.8. The number of unbranched alkanes of at least 4 members (excludes halogenated alkanes) is 1. The number of aryl methyl sites for hydroxylation is 1. The molecule has 0 atom stereocenters. The van der Waals surface area contributed by atoms with Gasteiger partial charge in [-0.1, -0.05) is 38.1 Å². The number of benzene rings is 2. The molecule has 0 fully saturated rings. The van der Waals surface area contributed by atoms with Crippen LogP contribution in [0.3, 0.4) is 0 Å². The monoisotopic (exact) mass is 395 g/mol. The Morgan fingerprint density at radius 3 is 2.68 bits per heavy atom. The molecule has 1 aromatic heterocycles. The van der Waals surface area contributed by atoms with Crippen molar-refractivity contribution in [2.24, 2.45) is 0 Å². The van der Waals surface area contributed by atoms with Gasteiger partial charge in [0.25, 0.3) is 0 Å². The second-order valence-electron chi connectivity index (χ2n) is 6.99. The third-order valence-electron chi connectivity index (χ3n) is 4.89. The van der Waals surface area contributed by atoms with Crippen molar-refractivity contribution in [1.82, 2.24) is 9.88 Å². The number of fused-ring (bicyclic) bond motifs is 1. The molecule has 0 radical (unpaired) electrons. The van der Waals surface area contributed by atoms with E-state index in [1.165, 1.54) is 10.3 Å². The zero-order chi connectivity index (χ0) is 19.8. The number of thiazole rings is 1. The molecule has 28 heavy (non-hydrogen) atoms. The van der Waals surface area contributed by atoms with Crippen LogP contribution in [0.1, 0.15) is 43.7 Å². The standard InChI is InChI=1S/C23H29N3OS/c1-3-26(4-2)17-18-10-9-11-19(16-18)24-22(27)14-7-8-15-23-25-20-12-5-6-13-21(20)28-23/h5-6,9-13,16H,3-4,7-8,14-15,17H2,1-2H3,(H,24,27). The fourth-order valence-corrected chi connectivity index (χ4v) is 4.27. The fourth-order valence-electron chi connectivity index (χ4n) is 3.26. The lowest BCUT2D eigenvalue weighted by Gasteiger charge is -2.18. The molecular formula is C23H29N3OS. The Morgan fingerprint density at radius 2 is 1.89 bits per heavy atom. The van der Waals surface area contributed by atoms with Crippen LogP contribution in [0, 0.1) is 0 Å². The second kappa shape index (κ2) is 10.3. The first-order chi connectivity index (χ1) is 13.7. The predicted octanol–water partition coefficient (Wildman–Crippen LogP) is 5.49. The molecule has 0 bridgehead atoms. The minimum absolute atomic E-state index is 0.0873. The summed E-state index contributed by atoms with van der Waals surface area (Å²) in [7, 11) is 0. The molecular weight excluding hydrogens is 366 g/mol. The van der Waals surface area contributed by atoms with E-state index in [4.69, 9.17) is 0 Å². The molecule has 0 saturated carbocycles. The topological polar surface area (TPSA) is 45.2 Å². The van der Waals surface area contributed by atoms with Crippen LogP contribution >= 0.6 is 11.3 Å². The summed E-state index contributed by atoms with van der Waals surface area (Å²) in [6.07, 6.45) is 3.34. The quantitative estimate of drug-likeness (QED) is 0.462. The summed E-state index contributed by atoms with van der Waals surface area (Å²) in [5, 5.41) is 4.20. The SMILES string of the molecule is CCN(CC)Cc1cccc(NC(=O)CCCCc2nc3ccccc3s2)c1. The molecule has 1 heterocycles. The summed E-state index contributed by atoms with van der Waals surface area (Å²) in [4.78, 5) is 19.3. The molecule has 148 valence electrons. The summed E-state index contributed by atoms with van der Waals surface area (Å²) >= 11 is 1.75. The lowest BCUT2D eigenvalue weighted by molar-refractivity contribution is -0.116. The van der Waals surface area contributed by atoms with Crippen LogP contribution in [0.25, 0.3) is 10.2 Å². The number of rotatable bonds is 10. The van der Waals surface area contributed by atoms with Crippen molar-refractivity contribution < 1.29 is 4.79 Å². The highest BCUT2D eigenvalue weighted by Crippen LogP contribution is 2.23. The van der Waals surface area contributed by atoms with Crippen molar-refractivity contribution in [2.75, 3.05) is 18.4 Å². The normalized spacial score (nSPS) is 11.2. The highest BCUT2D eigenvalue weighted by atomic mass is 32.1. The van der Waals surface area contributed by atoms with Gasteiger partial charge in [-0.05, 0) is 62.2 Å². The van der Waals surface area contributed by atoms with Crippen LogP contribution in [0.4, 0.5) is 5.69 Å². The molecule has 5 heteroatoms. The fraction of sp³-hybridized carbons (Fsp3) is 0.391. The lowest BCUT2D eigenvalue weighted by atomic mass is 10.1. The minimum Gasteiger partial charge on any atom is -0.326 e. The Morgan fingerprint density at radius 1 is 1.07 bits per heavy atom. The van der Waals surface area contributed by atoms with Gasteiger partial charge in [0.2, 0.25) is 5.91 Å². The van der Waals surface area contributed by atoms with Crippen LogP contribution in [0.5, 0.6) is 0 Å². The van der Waals surface area contributed by atoms with E-state index in [1.54, 1.807) is 11.3 Å². The van der Waals surface area contributed by atoms with Crippen molar-refractivity contribution in [3.8, 4) is 0 Å². The lowest BCUT2D eigenvalue weighted by Crippen LogP contribution is -2.22. The number of aromatic nitrogens is 1. The Hall–Kier alpha value is -2.24. The van der Waals surface area contributed by atoms with Crippen molar-refractivity contribution in [2.45, 2.75) is 46.1 Å². The number of nitrogens with zero attached hydrogens (tertiary/aromatic N) is 2. The van der Waals surface area contributed by atoms with E-state index in [0.29, 0.717) is 6.42 Å². The zero-order valence-corrected chi connectivity index (χ0v) is 17.6. The average Bonchev–Trinajstić information content (AvgIpc) is 3.12. The van der Waals surface area contributed by atoms with E-state index < -0.39 is 0 Å². The number of amides is 1. The van der Waals surface area contributed by atoms with Crippen LogP contribution in [0.15, 0.2) is 48.5 Å². The van der Waals surface area contributed by atoms with Crippen LogP contribution in [-0.2, 0) is 17.8 Å². The van der Waals surface area contributed by atoms with Crippen molar-refractivity contribution in [3.05, 3.63) is 59.1 Å². The Balaban J connectivity index is 1.42. The van der Waals surface area contributed by atoms with E-state index in [2.05, 4.69) is 53.3 Å². The second-order valence-corrected chi connectivity index (χ2v) is 8.11. The van der Waals surface area contributed by atoms with Gasteiger partial charge >= 0.3 is 0 Å². The summed E-state index contributed by atoms with van der Waals surface area (Å²) in [6, 6.07) is 16.4. The summed E-state index contributed by atoms with van der Waals surface area (Å²) in [5.41, 5.74) is 3.20. The molecule has 3 aromatic rings. The molecule has 4 nitrogen and oxygen atoms in total. The summed E-state index contributed by atoms with van der Waals surface area (Å²) < 4.78 is 1.24. The number of carbonyl (C=O) groups excluding carboxylic acids is 1.